The van der Waals surface area contributed by atoms with Gasteiger partial charge in [-0.1, -0.05) is 18.2 Å². The van der Waals surface area contributed by atoms with Crippen LogP contribution in [0.25, 0.3) is 0 Å². The molecule has 4 nitrogen and oxygen atoms in total. The van der Waals surface area contributed by atoms with E-state index in [1.54, 1.807) is 24.5 Å². The van der Waals surface area contributed by atoms with Gasteiger partial charge in [-0.3, -0.25) is 9.97 Å². The van der Waals surface area contributed by atoms with E-state index < -0.39 is 0 Å². The van der Waals surface area contributed by atoms with Crippen molar-refractivity contribution in [3.8, 4) is 0 Å². The van der Waals surface area contributed by atoms with E-state index in [-0.39, 0.29) is 6.61 Å². The molecule has 22 heavy (non-hydrogen) atoms. The monoisotopic (exact) mass is 293 g/mol. The Hall–Kier alpha value is -2.72. The number of hydrogen-bond donors (Lipinski definition) is 2. The van der Waals surface area contributed by atoms with Crippen LogP contribution in [0.5, 0.6) is 0 Å². The second kappa shape index (κ2) is 9.26. The summed E-state index contributed by atoms with van der Waals surface area (Å²) in [4.78, 5) is 7.75. The zero-order valence-corrected chi connectivity index (χ0v) is 12.3. The van der Waals surface area contributed by atoms with Crippen LogP contribution in [0, 0.1) is 0 Å². The maximum atomic E-state index is 8.51. The Morgan fingerprint density at radius 1 is 0.727 bits per heavy atom. The second-order valence-electron chi connectivity index (χ2n) is 4.59. The summed E-state index contributed by atoms with van der Waals surface area (Å²) in [5.41, 5.74) is 3.29. The molecule has 0 aliphatic heterocycles. The first-order valence-corrected chi connectivity index (χ1v) is 7.06. The Morgan fingerprint density at radius 2 is 1.27 bits per heavy atom. The third-order valence-corrected chi connectivity index (χ3v) is 2.95. The van der Waals surface area contributed by atoms with E-state index in [0.717, 1.165) is 17.8 Å². The van der Waals surface area contributed by atoms with Crippen LogP contribution in [0.3, 0.4) is 0 Å². The largest absolute Gasteiger partial charge is 0.392 e. The Kier molecular flexibility index (Phi) is 6.59. The van der Waals surface area contributed by atoms with Crippen molar-refractivity contribution in [2.45, 2.75) is 13.2 Å². The van der Waals surface area contributed by atoms with Crippen molar-refractivity contribution >= 4 is 5.69 Å². The number of benzene rings is 1. The van der Waals surface area contributed by atoms with Crippen molar-refractivity contribution in [1.29, 1.82) is 0 Å². The molecular formula is C18H19N3O. The molecule has 3 aromatic rings. The van der Waals surface area contributed by atoms with Gasteiger partial charge in [0.1, 0.15) is 0 Å². The first kappa shape index (κ1) is 15.7. The summed E-state index contributed by atoms with van der Waals surface area (Å²) in [7, 11) is 0. The van der Waals surface area contributed by atoms with Gasteiger partial charge >= 0.3 is 0 Å². The van der Waals surface area contributed by atoms with E-state index in [4.69, 9.17) is 5.11 Å². The van der Waals surface area contributed by atoms with Crippen LogP contribution < -0.4 is 5.32 Å². The fourth-order valence-corrected chi connectivity index (χ4v) is 1.75. The third-order valence-electron chi connectivity index (χ3n) is 2.95. The smallest absolute Gasteiger partial charge is 0.0682 e. The average Bonchev–Trinajstić information content (AvgIpc) is 2.63. The Balaban J connectivity index is 0.000000188. The van der Waals surface area contributed by atoms with Crippen molar-refractivity contribution in [2.24, 2.45) is 0 Å². The minimum absolute atomic E-state index is 0.0997. The lowest BCUT2D eigenvalue weighted by molar-refractivity contribution is 0.281. The Bertz CT molecular complexity index is 591. The van der Waals surface area contributed by atoms with Crippen molar-refractivity contribution in [2.75, 3.05) is 5.32 Å². The highest BCUT2D eigenvalue weighted by atomic mass is 16.3. The molecular weight excluding hydrogens is 274 g/mol. The summed E-state index contributed by atoms with van der Waals surface area (Å²) >= 11 is 0. The van der Waals surface area contributed by atoms with Crippen LogP contribution in [0.4, 0.5) is 5.69 Å². The van der Waals surface area contributed by atoms with E-state index in [1.165, 1.54) is 5.56 Å². The van der Waals surface area contributed by atoms with E-state index in [1.807, 2.05) is 42.7 Å². The number of aliphatic hydroxyl groups excluding tert-OH is 1. The number of anilines is 1. The molecule has 0 aliphatic carbocycles. The quantitative estimate of drug-likeness (QED) is 0.775. The normalized spacial score (nSPS) is 9.50. The molecule has 0 aliphatic rings. The number of para-hydroxylation sites is 1. The van der Waals surface area contributed by atoms with Crippen LogP contribution in [-0.2, 0) is 13.2 Å². The van der Waals surface area contributed by atoms with Gasteiger partial charge in [-0.2, -0.15) is 0 Å². The molecule has 2 aromatic heterocycles. The average molecular weight is 293 g/mol. The van der Waals surface area contributed by atoms with E-state index in [9.17, 15) is 0 Å². The zero-order chi connectivity index (χ0) is 15.5. The molecule has 0 bridgehead atoms. The van der Waals surface area contributed by atoms with Gasteiger partial charge in [0.05, 0.1) is 6.61 Å². The Labute approximate surface area is 130 Å². The number of nitrogens with one attached hydrogen (secondary N) is 1. The summed E-state index contributed by atoms with van der Waals surface area (Å²) in [6.45, 7) is 0.940. The van der Waals surface area contributed by atoms with Crippen LogP contribution >= 0.6 is 0 Å². The van der Waals surface area contributed by atoms with Gasteiger partial charge in [0.2, 0.25) is 0 Å². The lowest BCUT2D eigenvalue weighted by Gasteiger charge is -2.05. The highest BCUT2D eigenvalue weighted by Gasteiger charge is 1.91. The standard InChI is InChI=1S/C12H12N2.C6H7NO/c1-2-4-12(5-3-1)14-10-11-6-8-13-9-7-11;8-5-6-1-3-7-4-2-6/h1-9,14H,10H2;1-4,8H,5H2. The van der Waals surface area contributed by atoms with Gasteiger partial charge < -0.3 is 10.4 Å². The molecule has 0 amide bonds. The first-order chi connectivity index (χ1) is 10.9. The van der Waals surface area contributed by atoms with Crippen molar-refractivity contribution in [1.82, 2.24) is 9.97 Å². The summed E-state index contributed by atoms with van der Waals surface area (Å²) in [5.74, 6) is 0. The van der Waals surface area contributed by atoms with Crippen LogP contribution in [-0.4, -0.2) is 15.1 Å². The molecule has 0 unspecified atom stereocenters. The molecule has 0 spiro atoms. The van der Waals surface area contributed by atoms with Gasteiger partial charge in [0.25, 0.3) is 0 Å². The molecule has 0 atom stereocenters. The SMILES string of the molecule is OCc1ccncc1.c1ccc(NCc2ccncc2)cc1. The number of rotatable bonds is 4. The van der Waals surface area contributed by atoms with Gasteiger partial charge in [0.15, 0.2) is 0 Å². The molecule has 0 saturated carbocycles. The Morgan fingerprint density at radius 3 is 1.77 bits per heavy atom. The predicted octanol–water partition coefficient (Wildman–Crippen LogP) is 3.27. The lowest BCUT2D eigenvalue weighted by Crippen LogP contribution is -1.98. The maximum absolute atomic E-state index is 8.51. The van der Waals surface area contributed by atoms with Crippen molar-refractivity contribution in [3.05, 3.63) is 90.5 Å². The molecule has 1 aromatic carbocycles. The van der Waals surface area contributed by atoms with E-state index in [2.05, 4.69) is 27.4 Å². The number of pyridine rings is 2. The molecule has 0 radical (unpaired) electrons. The van der Waals surface area contributed by atoms with Crippen molar-refractivity contribution < 1.29 is 5.11 Å². The summed E-state index contributed by atoms with van der Waals surface area (Å²) in [5, 5.41) is 11.8. The summed E-state index contributed by atoms with van der Waals surface area (Å²) in [6.07, 6.45) is 6.93. The maximum Gasteiger partial charge on any atom is 0.0682 e. The fourth-order valence-electron chi connectivity index (χ4n) is 1.75. The molecule has 2 N–H and O–H groups in total. The van der Waals surface area contributed by atoms with Gasteiger partial charge in [-0.05, 0) is 47.5 Å². The van der Waals surface area contributed by atoms with Crippen LogP contribution in [0.1, 0.15) is 11.1 Å². The highest BCUT2D eigenvalue weighted by Crippen LogP contribution is 2.07. The number of aromatic nitrogens is 2. The number of nitrogens with zero attached hydrogens (tertiary/aromatic N) is 2. The van der Waals surface area contributed by atoms with Crippen LogP contribution in [0.2, 0.25) is 0 Å². The topological polar surface area (TPSA) is 58.0 Å². The second-order valence-corrected chi connectivity index (χ2v) is 4.59. The molecule has 2 heterocycles. The minimum Gasteiger partial charge on any atom is -0.392 e. The van der Waals surface area contributed by atoms with Crippen LogP contribution in [0.15, 0.2) is 79.4 Å². The third kappa shape index (κ3) is 5.73. The lowest BCUT2D eigenvalue weighted by atomic mass is 10.2. The number of hydrogen-bond acceptors (Lipinski definition) is 4. The first-order valence-electron chi connectivity index (χ1n) is 7.06. The van der Waals surface area contributed by atoms with Gasteiger partial charge in [-0.15, -0.1) is 0 Å². The fraction of sp³-hybridized carbons (Fsp3) is 0.111. The molecule has 0 saturated heterocycles. The number of aliphatic hydroxyl groups is 1. The predicted molar refractivity (Wildman–Crippen MR) is 88.2 cm³/mol. The highest BCUT2D eigenvalue weighted by molar-refractivity contribution is 5.42. The van der Waals surface area contributed by atoms with E-state index in [0.29, 0.717) is 0 Å². The molecule has 3 rings (SSSR count). The van der Waals surface area contributed by atoms with Crippen molar-refractivity contribution in [3.63, 3.8) is 0 Å². The van der Waals surface area contributed by atoms with Gasteiger partial charge in [-0.25, -0.2) is 0 Å². The molecule has 112 valence electrons. The molecule has 4 heteroatoms. The minimum atomic E-state index is 0.0997. The summed E-state index contributed by atoms with van der Waals surface area (Å²) in [6, 6.07) is 17.7. The summed E-state index contributed by atoms with van der Waals surface area (Å²) < 4.78 is 0. The van der Waals surface area contributed by atoms with Gasteiger partial charge in [0, 0.05) is 37.0 Å². The molecule has 0 fully saturated rings. The zero-order valence-electron chi connectivity index (χ0n) is 12.3. The van der Waals surface area contributed by atoms with E-state index >= 15 is 0 Å².